The standard InChI is InChI=1S/C36H43NO8S/c1-4-37(21-7-6-8-23-42-26-35(39)43-5-2)22-24-44-30-13-15-31(16-14-30)45-36-33(19-11-28-25-29(38)12-20-34(28)36)27-9-17-32(18-10-27)46(3,40)41/h9-20,25,38H,4-8,21-24,26H2,1-3H3. The Hall–Kier alpha value is -4.12. The zero-order chi connectivity index (χ0) is 32.9. The van der Waals surface area contributed by atoms with Crippen molar-refractivity contribution in [3.8, 4) is 34.1 Å². The summed E-state index contributed by atoms with van der Waals surface area (Å²) in [7, 11) is -3.32. The molecule has 0 aliphatic heterocycles. The van der Waals surface area contributed by atoms with Crippen LogP contribution in [0.1, 0.15) is 33.1 Å². The molecule has 246 valence electrons. The Bertz CT molecular complexity index is 1670. The Morgan fingerprint density at radius 3 is 2.26 bits per heavy atom. The number of benzene rings is 4. The lowest BCUT2D eigenvalue weighted by Gasteiger charge is -2.20. The largest absolute Gasteiger partial charge is 0.508 e. The van der Waals surface area contributed by atoms with Gasteiger partial charge < -0.3 is 29.0 Å². The molecule has 0 aromatic heterocycles. The van der Waals surface area contributed by atoms with E-state index in [2.05, 4.69) is 11.8 Å². The fourth-order valence-corrected chi connectivity index (χ4v) is 5.65. The van der Waals surface area contributed by atoms with Crippen molar-refractivity contribution in [1.82, 2.24) is 4.90 Å². The first kappa shape index (κ1) is 34.7. The molecule has 4 rings (SSSR count). The molecule has 0 aliphatic rings. The maximum Gasteiger partial charge on any atom is 0.332 e. The van der Waals surface area contributed by atoms with Crippen LogP contribution in [0.5, 0.6) is 23.0 Å². The van der Waals surface area contributed by atoms with E-state index in [4.69, 9.17) is 18.9 Å². The topological polar surface area (TPSA) is 112 Å². The van der Waals surface area contributed by atoms with Gasteiger partial charge in [0.2, 0.25) is 0 Å². The van der Waals surface area contributed by atoms with E-state index < -0.39 is 9.84 Å². The van der Waals surface area contributed by atoms with Crippen molar-refractivity contribution >= 4 is 26.6 Å². The number of rotatable bonds is 18. The molecule has 0 aliphatic carbocycles. The highest BCUT2D eigenvalue weighted by atomic mass is 32.2. The van der Waals surface area contributed by atoms with Gasteiger partial charge in [0.05, 0.1) is 11.5 Å². The number of phenolic OH excluding ortho intramolecular Hbond substituents is 1. The molecule has 0 unspecified atom stereocenters. The third kappa shape index (κ3) is 10.2. The molecule has 0 atom stereocenters. The van der Waals surface area contributed by atoms with Crippen molar-refractivity contribution in [2.24, 2.45) is 0 Å². The fourth-order valence-electron chi connectivity index (χ4n) is 5.02. The van der Waals surface area contributed by atoms with Crippen molar-refractivity contribution in [3.63, 3.8) is 0 Å². The molecule has 0 spiro atoms. The van der Waals surface area contributed by atoms with Gasteiger partial charge in [-0.05, 0) is 111 Å². The molecule has 9 nitrogen and oxygen atoms in total. The number of esters is 1. The maximum absolute atomic E-state index is 12.0. The summed E-state index contributed by atoms with van der Waals surface area (Å²) in [6, 6.07) is 23.1. The van der Waals surface area contributed by atoms with Gasteiger partial charge in [0.1, 0.15) is 36.2 Å². The number of phenols is 1. The van der Waals surface area contributed by atoms with Gasteiger partial charge in [-0.1, -0.05) is 25.1 Å². The zero-order valence-electron chi connectivity index (χ0n) is 26.7. The molecule has 4 aromatic rings. The molecular weight excluding hydrogens is 606 g/mol. The molecule has 4 aromatic carbocycles. The van der Waals surface area contributed by atoms with Crippen LogP contribution in [0.4, 0.5) is 0 Å². The second kappa shape index (κ2) is 17.0. The number of aromatic hydroxyl groups is 1. The number of carbonyl (C=O) groups is 1. The predicted octanol–water partition coefficient (Wildman–Crippen LogP) is 6.86. The lowest BCUT2D eigenvalue weighted by Crippen LogP contribution is -2.29. The highest BCUT2D eigenvalue weighted by Gasteiger charge is 2.15. The first-order valence-electron chi connectivity index (χ1n) is 15.6. The first-order chi connectivity index (χ1) is 22.2. The summed E-state index contributed by atoms with van der Waals surface area (Å²) in [5.41, 5.74) is 1.60. The van der Waals surface area contributed by atoms with Crippen LogP contribution in [0.25, 0.3) is 21.9 Å². The van der Waals surface area contributed by atoms with E-state index >= 15 is 0 Å². The molecular formula is C36H43NO8S. The third-order valence-corrected chi connectivity index (χ3v) is 8.63. The lowest BCUT2D eigenvalue weighted by atomic mass is 9.99. The number of ether oxygens (including phenoxy) is 4. The molecule has 0 radical (unpaired) electrons. The summed E-state index contributed by atoms with van der Waals surface area (Å²) < 4.78 is 46.6. The fraction of sp³-hybridized carbons (Fsp3) is 0.361. The smallest absolute Gasteiger partial charge is 0.332 e. The van der Waals surface area contributed by atoms with E-state index in [9.17, 15) is 18.3 Å². The number of fused-ring (bicyclic) bond motifs is 1. The van der Waals surface area contributed by atoms with E-state index in [1.54, 1.807) is 43.3 Å². The van der Waals surface area contributed by atoms with Gasteiger partial charge in [-0.3, -0.25) is 0 Å². The average Bonchev–Trinajstić information content (AvgIpc) is 3.04. The summed E-state index contributed by atoms with van der Waals surface area (Å²) in [4.78, 5) is 13.9. The minimum absolute atomic E-state index is 0.0122. The average molecular weight is 650 g/mol. The molecule has 0 fully saturated rings. The second-order valence-electron chi connectivity index (χ2n) is 10.9. The molecule has 0 amide bonds. The number of nitrogens with zero attached hydrogens (tertiary/aromatic N) is 1. The third-order valence-electron chi connectivity index (χ3n) is 7.50. The number of sulfone groups is 1. The summed E-state index contributed by atoms with van der Waals surface area (Å²) in [5, 5.41) is 11.7. The van der Waals surface area contributed by atoms with Crippen LogP contribution in [0.3, 0.4) is 0 Å². The van der Waals surface area contributed by atoms with Crippen molar-refractivity contribution in [2.75, 3.05) is 52.3 Å². The van der Waals surface area contributed by atoms with Crippen LogP contribution < -0.4 is 9.47 Å². The van der Waals surface area contributed by atoms with Crippen LogP contribution in [0, 0.1) is 0 Å². The summed E-state index contributed by atoms with van der Waals surface area (Å²) in [5.74, 6) is 1.79. The van der Waals surface area contributed by atoms with Crippen LogP contribution in [0.15, 0.2) is 83.8 Å². The van der Waals surface area contributed by atoms with Gasteiger partial charge in [0.15, 0.2) is 9.84 Å². The SMILES string of the molecule is CCOC(=O)COCCCCCN(CC)CCOc1ccc(Oc2c(-c3ccc(S(C)(=O)=O)cc3)ccc3cc(O)ccc23)cc1. The number of hydrogen-bond donors (Lipinski definition) is 1. The van der Waals surface area contributed by atoms with Gasteiger partial charge in [-0.15, -0.1) is 0 Å². The molecule has 0 bridgehead atoms. The van der Waals surface area contributed by atoms with Crippen LogP contribution in [-0.2, 0) is 24.1 Å². The molecule has 0 saturated heterocycles. The maximum atomic E-state index is 12.0. The monoisotopic (exact) mass is 649 g/mol. The Labute approximate surface area is 271 Å². The predicted molar refractivity (Wildman–Crippen MR) is 180 cm³/mol. The Kier molecular flexibility index (Phi) is 12.8. The van der Waals surface area contributed by atoms with Gasteiger partial charge in [0.25, 0.3) is 0 Å². The highest BCUT2D eigenvalue weighted by molar-refractivity contribution is 7.90. The minimum Gasteiger partial charge on any atom is -0.508 e. The molecule has 0 saturated carbocycles. The van der Waals surface area contributed by atoms with Gasteiger partial charge in [0, 0.05) is 30.4 Å². The van der Waals surface area contributed by atoms with Crippen LogP contribution in [-0.4, -0.2) is 76.7 Å². The summed E-state index contributed by atoms with van der Waals surface area (Å²) >= 11 is 0. The van der Waals surface area contributed by atoms with Crippen LogP contribution in [0.2, 0.25) is 0 Å². The normalized spacial score (nSPS) is 11.6. The molecule has 10 heteroatoms. The van der Waals surface area contributed by atoms with E-state index in [1.807, 2.05) is 42.5 Å². The number of hydrogen-bond acceptors (Lipinski definition) is 9. The Morgan fingerprint density at radius 2 is 1.57 bits per heavy atom. The number of likely N-dealkylation sites (N-methyl/N-ethyl adjacent to an activating group) is 1. The van der Waals surface area contributed by atoms with Crippen molar-refractivity contribution < 1.29 is 37.3 Å². The quantitative estimate of drug-likeness (QED) is 0.0913. The Balaban J connectivity index is 1.33. The van der Waals surface area contributed by atoms with Crippen LogP contribution >= 0.6 is 0 Å². The van der Waals surface area contributed by atoms with Crippen molar-refractivity contribution in [2.45, 2.75) is 38.0 Å². The lowest BCUT2D eigenvalue weighted by molar-refractivity contribution is -0.148. The van der Waals surface area contributed by atoms with Crippen molar-refractivity contribution in [3.05, 3.63) is 78.9 Å². The molecule has 0 heterocycles. The highest BCUT2D eigenvalue weighted by Crippen LogP contribution is 2.41. The van der Waals surface area contributed by atoms with E-state index in [1.165, 1.54) is 6.26 Å². The van der Waals surface area contributed by atoms with E-state index in [-0.39, 0.29) is 23.2 Å². The number of unbranched alkanes of at least 4 members (excludes halogenated alkanes) is 2. The van der Waals surface area contributed by atoms with Gasteiger partial charge in [-0.25, -0.2) is 13.2 Å². The van der Waals surface area contributed by atoms with Crippen molar-refractivity contribution in [1.29, 1.82) is 0 Å². The van der Waals surface area contributed by atoms with E-state index in [0.29, 0.717) is 31.3 Å². The summed E-state index contributed by atoms with van der Waals surface area (Å²) in [6.07, 6.45) is 4.15. The first-order valence-corrected chi connectivity index (χ1v) is 17.5. The molecule has 46 heavy (non-hydrogen) atoms. The summed E-state index contributed by atoms with van der Waals surface area (Å²) in [6.45, 7) is 8.10. The number of carbonyl (C=O) groups excluding carboxylic acids is 1. The zero-order valence-corrected chi connectivity index (χ0v) is 27.6. The van der Waals surface area contributed by atoms with Gasteiger partial charge >= 0.3 is 5.97 Å². The second-order valence-corrected chi connectivity index (χ2v) is 12.9. The molecule has 1 N–H and O–H groups in total. The van der Waals surface area contributed by atoms with E-state index in [0.717, 1.165) is 66.5 Å². The van der Waals surface area contributed by atoms with Gasteiger partial charge in [-0.2, -0.15) is 0 Å². The Morgan fingerprint density at radius 1 is 0.826 bits per heavy atom. The minimum atomic E-state index is -3.32.